The highest BCUT2D eigenvalue weighted by Crippen LogP contribution is 2.17. The first-order valence-corrected chi connectivity index (χ1v) is 8.71. The van der Waals surface area contributed by atoms with Gasteiger partial charge in [0.1, 0.15) is 11.6 Å². The summed E-state index contributed by atoms with van der Waals surface area (Å²) in [6.45, 7) is 3.32. The van der Waals surface area contributed by atoms with Gasteiger partial charge in [-0.15, -0.1) is 0 Å². The highest BCUT2D eigenvalue weighted by atomic mass is 32.2. The van der Waals surface area contributed by atoms with Gasteiger partial charge in [0.25, 0.3) is 0 Å². The maximum Gasteiger partial charge on any atom is 0.240 e. The van der Waals surface area contributed by atoms with Crippen molar-refractivity contribution in [3.8, 4) is 5.75 Å². The molecule has 0 bridgehead atoms. The van der Waals surface area contributed by atoms with Gasteiger partial charge in [-0.1, -0.05) is 12.1 Å². The van der Waals surface area contributed by atoms with Crippen LogP contribution in [-0.4, -0.2) is 21.6 Å². The molecule has 0 aliphatic carbocycles. The third kappa shape index (κ3) is 4.53. The largest absolute Gasteiger partial charge is 0.497 e. The Labute approximate surface area is 136 Å². The van der Waals surface area contributed by atoms with Crippen molar-refractivity contribution in [1.82, 2.24) is 4.72 Å². The van der Waals surface area contributed by atoms with Crippen molar-refractivity contribution in [2.75, 3.05) is 7.11 Å². The molecule has 1 unspecified atom stereocenters. The van der Waals surface area contributed by atoms with Crippen molar-refractivity contribution >= 4 is 10.0 Å². The summed E-state index contributed by atoms with van der Waals surface area (Å²) in [5.41, 5.74) is 1.27. The van der Waals surface area contributed by atoms with Crippen molar-refractivity contribution in [2.45, 2.75) is 31.2 Å². The zero-order valence-electron chi connectivity index (χ0n) is 13.3. The first-order valence-electron chi connectivity index (χ1n) is 7.23. The van der Waals surface area contributed by atoms with Crippen LogP contribution in [0.25, 0.3) is 0 Å². The molecule has 1 atom stereocenters. The fraction of sp³-hybridized carbons (Fsp3) is 0.294. The first kappa shape index (κ1) is 17.4. The average Bonchev–Trinajstić information content (AvgIpc) is 2.49. The second kappa shape index (κ2) is 7.10. The van der Waals surface area contributed by atoms with E-state index in [9.17, 15) is 12.8 Å². The maximum atomic E-state index is 13.3. The van der Waals surface area contributed by atoms with E-state index in [0.29, 0.717) is 12.0 Å². The fourth-order valence-corrected chi connectivity index (χ4v) is 3.64. The molecule has 0 saturated carbocycles. The topological polar surface area (TPSA) is 55.4 Å². The second-order valence-corrected chi connectivity index (χ2v) is 7.20. The van der Waals surface area contributed by atoms with E-state index in [1.54, 1.807) is 14.0 Å². The zero-order chi connectivity index (χ0) is 17.0. The van der Waals surface area contributed by atoms with E-state index in [4.69, 9.17) is 4.74 Å². The van der Waals surface area contributed by atoms with Crippen LogP contribution in [0.15, 0.2) is 47.4 Å². The number of hydrogen-bond acceptors (Lipinski definition) is 3. The molecule has 2 rings (SSSR count). The van der Waals surface area contributed by atoms with Crippen molar-refractivity contribution < 1.29 is 17.5 Å². The molecule has 0 radical (unpaired) electrons. The molecule has 0 aliphatic heterocycles. The maximum absolute atomic E-state index is 13.3. The predicted molar refractivity (Wildman–Crippen MR) is 87.6 cm³/mol. The molecule has 0 fully saturated rings. The highest BCUT2D eigenvalue weighted by molar-refractivity contribution is 7.89. The lowest BCUT2D eigenvalue weighted by Crippen LogP contribution is -2.34. The molecule has 124 valence electrons. The van der Waals surface area contributed by atoms with Gasteiger partial charge >= 0.3 is 0 Å². The third-order valence-corrected chi connectivity index (χ3v) is 5.06. The van der Waals surface area contributed by atoms with E-state index >= 15 is 0 Å². The van der Waals surface area contributed by atoms with Gasteiger partial charge in [0, 0.05) is 6.04 Å². The third-order valence-electron chi connectivity index (χ3n) is 3.47. The lowest BCUT2D eigenvalue weighted by molar-refractivity contribution is 0.414. The van der Waals surface area contributed by atoms with Crippen LogP contribution in [0.4, 0.5) is 4.39 Å². The summed E-state index contributed by atoms with van der Waals surface area (Å²) < 4.78 is 45.8. The summed E-state index contributed by atoms with van der Waals surface area (Å²) in [4.78, 5) is 0.0638. The summed E-state index contributed by atoms with van der Waals surface area (Å²) in [6, 6.07) is 10.9. The lowest BCUT2D eigenvalue weighted by Gasteiger charge is -2.15. The summed E-state index contributed by atoms with van der Waals surface area (Å²) in [5.74, 6) is 0.306. The van der Waals surface area contributed by atoms with Gasteiger partial charge < -0.3 is 4.74 Å². The van der Waals surface area contributed by atoms with Crippen LogP contribution in [0, 0.1) is 12.7 Å². The van der Waals surface area contributed by atoms with Crippen LogP contribution in [-0.2, 0) is 16.4 Å². The molecular weight excluding hydrogens is 317 g/mol. The monoisotopic (exact) mass is 337 g/mol. The van der Waals surface area contributed by atoms with Gasteiger partial charge in [-0.3, -0.25) is 0 Å². The number of nitrogens with one attached hydrogen (secondary N) is 1. The molecule has 1 N–H and O–H groups in total. The van der Waals surface area contributed by atoms with Crippen molar-refractivity contribution in [3.63, 3.8) is 0 Å². The Bertz CT molecular complexity index is 790. The Morgan fingerprint density at radius 2 is 1.96 bits per heavy atom. The lowest BCUT2D eigenvalue weighted by atomic mass is 10.1. The highest BCUT2D eigenvalue weighted by Gasteiger charge is 2.18. The molecule has 2 aromatic rings. The Hall–Kier alpha value is -1.92. The first-order chi connectivity index (χ1) is 10.8. The normalized spacial score (nSPS) is 12.9. The minimum atomic E-state index is -3.68. The van der Waals surface area contributed by atoms with Crippen LogP contribution >= 0.6 is 0 Å². The Morgan fingerprint density at radius 1 is 1.22 bits per heavy atom. The molecule has 0 saturated heterocycles. The van der Waals surface area contributed by atoms with Gasteiger partial charge in [-0.2, -0.15) is 0 Å². The van der Waals surface area contributed by atoms with E-state index in [-0.39, 0.29) is 10.9 Å². The molecule has 23 heavy (non-hydrogen) atoms. The summed E-state index contributed by atoms with van der Waals surface area (Å²) in [7, 11) is -2.10. The number of rotatable bonds is 6. The minimum absolute atomic E-state index is 0.0638. The van der Waals surface area contributed by atoms with Gasteiger partial charge in [0.2, 0.25) is 10.0 Å². The standard InChI is InChI=1S/C17H20FNO3S/c1-12-9-16(7-8-17(12)18)23(20,21)19-13(2)10-14-5-4-6-15(11-14)22-3/h4-9,11,13,19H,10H2,1-3H3. The number of methoxy groups -OCH3 is 1. The summed E-state index contributed by atoms with van der Waals surface area (Å²) in [5, 5.41) is 0. The van der Waals surface area contributed by atoms with Crippen molar-refractivity contribution in [2.24, 2.45) is 0 Å². The summed E-state index contributed by atoms with van der Waals surface area (Å²) in [6.07, 6.45) is 0.524. The van der Waals surface area contributed by atoms with Gasteiger partial charge in [0.05, 0.1) is 12.0 Å². The number of hydrogen-bond donors (Lipinski definition) is 1. The molecule has 0 amide bonds. The Kier molecular flexibility index (Phi) is 5.38. The van der Waals surface area contributed by atoms with Crippen LogP contribution in [0.1, 0.15) is 18.1 Å². The predicted octanol–water partition coefficient (Wildman–Crippen LogP) is 3.05. The van der Waals surface area contributed by atoms with E-state index in [1.807, 2.05) is 24.3 Å². The molecule has 0 heterocycles. The van der Waals surface area contributed by atoms with Gasteiger partial charge in [0.15, 0.2) is 0 Å². The number of sulfonamides is 1. The van der Waals surface area contributed by atoms with Gasteiger partial charge in [-0.25, -0.2) is 17.5 Å². The van der Waals surface area contributed by atoms with Crippen LogP contribution in [0.5, 0.6) is 5.75 Å². The Morgan fingerprint density at radius 3 is 2.61 bits per heavy atom. The molecule has 0 aromatic heterocycles. The molecule has 0 spiro atoms. The van der Waals surface area contributed by atoms with E-state index in [2.05, 4.69) is 4.72 Å². The van der Waals surface area contributed by atoms with Crippen LogP contribution in [0.3, 0.4) is 0 Å². The minimum Gasteiger partial charge on any atom is -0.497 e. The van der Waals surface area contributed by atoms with Crippen LogP contribution < -0.4 is 9.46 Å². The van der Waals surface area contributed by atoms with E-state index in [0.717, 1.165) is 17.4 Å². The fourth-order valence-electron chi connectivity index (χ4n) is 2.31. The number of benzene rings is 2. The van der Waals surface area contributed by atoms with Crippen molar-refractivity contribution in [3.05, 3.63) is 59.4 Å². The van der Waals surface area contributed by atoms with E-state index < -0.39 is 15.8 Å². The zero-order valence-corrected chi connectivity index (χ0v) is 14.2. The molecule has 4 nitrogen and oxygen atoms in total. The SMILES string of the molecule is COc1cccc(CC(C)NS(=O)(=O)c2ccc(F)c(C)c2)c1. The number of halogens is 1. The number of aryl methyl sites for hydroxylation is 1. The molecule has 6 heteroatoms. The molecular formula is C17H20FNO3S. The van der Waals surface area contributed by atoms with Crippen molar-refractivity contribution in [1.29, 1.82) is 0 Å². The van der Waals surface area contributed by atoms with Crippen LogP contribution in [0.2, 0.25) is 0 Å². The Balaban J connectivity index is 2.11. The number of ether oxygens (including phenoxy) is 1. The quantitative estimate of drug-likeness (QED) is 0.881. The van der Waals surface area contributed by atoms with E-state index in [1.165, 1.54) is 19.1 Å². The second-order valence-electron chi connectivity index (χ2n) is 5.49. The summed E-state index contributed by atoms with van der Waals surface area (Å²) >= 11 is 0. The molecule has 2 aromatic carbocycles. The molecule has 0 aliphatic rings. The smallest absolute Gasteiger partial charge is 0.240 e. The average molecular weight is 337 g/mol. The van der Waals surface area contributed by atoms with Gasteiger partial charge in [-0.05, 0) is 61.7 Å².